The summed E-state index contributed by atoms with van der Waals surface area (Å²) in [6.07, 6.45) is -5.52. The molecule has 3 aromatic rings. The van der Waals surface area contributed by atoms with Gasteiger partial charge in [0.1, 0.15) is 22.9 Å². The van der Waals surface area contributed by atoms with Gasteiger partial charge in [0.2, 0.25) is 0 Å². The van der Waals surface area contributed by atoms with Crippen molar-refractivity contribution < 1.29 is 31.9 Å². The lowest BCUT2D eigenvalue weighted by Gasteiger charge is -2.30. The Balaban J connectivity index is 1.97. The molecule has 0 saturated heterocycles. The molecule has 1 aromatic heterocycles. The highest BCUT2D eigenvalue weighted by molar-refractivity contribution is 6.10. The Bertz CT molecular complexity index is 1430. The summed E-state index contributed by atoms with van der Waals surface area (Å²) in [6, 6.07) is 9.28. The molecule has 34 heavy (non-hydrogen) atoms. The Morgan fingerprint density at radius 1 is 1.06 bits per heavy atom. The lowest BCUT2D eigenvalue weighted by Crippen LogP contribution is -2.62. The second kappa shape index (κ2) is 7.86. The van der Waals surface area contributed by atoms with Crippen LogP contribution in [0, 0.1) is 5.82 Å². The summed E-state index contributed by atoms with van der Waals surface area (Å²) < 4.78 is 62.3. The molecule has 2 aromatic carbocycles. The van der Waals surface area contributed by atoms with Crippen molar-refractivity contribution in [3.05, 3.63) is 86.3 Å². The summed E-state index contributed by atoms with van der Waals surface area (Å²) >= 11 is 0. The monoisotopic (exact) mass is 478 g/mol. The third-order valence-corrected chi connectivity index (χ3v) is 5.22. The number of rotatable bonds is 4. The Kier molecular flexibility index (Phi) is 5.26. The zero-order valence-corrected chi connectivity index (χ0v) is 17.1. The Morgan fingerprint density at radius 2 is 1.71 bits per heavy atom. The van der Waals surface area contributed by atoms with Gasteiger partial charge in [0, 0.05) is 0 Å². The maximum Gasteiger partial charge on any atom is 0.425 e. The summed E-state index contributed by atoms with van der Waals surface area (Å²) in [5.41, 5.74) is -8.31. The number of amides is 2. The number of aromatic amines is 1. The van der Waals surface area contributed by atoms with Crippen LogP contribution in [0.25, 0.3) is 5.69 Å². The van der Waals surface area contributed by atoms with E-state index < -0.39 is 52.0 Å². The molecule has 1 aliphatic heterocycles. The van der Waals surface area contributed by atoms with Gasteiger partial charge >= 0.3 is 11.9 Å². The first-order valence-electron chi connectivity index (χ1n) is 9.50. The highest BCUT2D eigenvalue weighted by Gasteiger charge is 2.68. The van der Waals surface area contributed by atoms with E-state index in [0.717, 1.165) is 30.3 Å². The molecule has 9 nitrogen and oxygen atoms in total. The molecule has 0 saturated carbocycles. The average molecular weight is 478 g/mol. The number of alkyl halides is 3. The number of nitrogens with zero attached hydrogens (tertiary/aromatic N) is 1. The topological polar surface area (TPSA) is 122 Å². The standard InChI is InChI=1S/C21H14F4N4O5/c1-34-13-5-3-2-4-12(13)16(30)28-20(21(23,24)25)14-15(26-18(20)32)29(19(33)27-17(14)31)11-8-6-10(22)7-9-11/h2-9H,1H3,(H,26,32)(H,28,30)(H,27,31,33)/t20-/m1/s1. The minimum Gasteiger partial charge on any atom is -0.496 e. The summed E-state index contributed by atoms with van der Waals surface area (Å²) in [4.78, 5) is 52.5. The molecular formula is C21H14F4N4O5. The van der Waals surface area contributed by atoms with Crippen LogP contribution in [0.4, 0.5) is 23.4 Å². The molecule has 0 spiro atoms. The number of hydrogen-bond donors (Lipinski definition) is 3. The molecule has 0 unspecified atom stereocenters. The Labute approximate surface area is 187 Å². The van der Waals surface area contributed by atoms with E-state index in [9.17, 15) is 36.7 Å². The lowest BCUT2D eigenvalue weighted by atomic mass is 9.91. The fraction of sp³-hybridized carbons (Fsp3) is 0.143. The molecule has 1 aliphatic rings. The maximum absolute atomic E-state index is 14.5. The first-order chi connectivity index (χ1) is 16.0. The number of anilines is 1. The van der Waals surface area contributed by atoms with Gasteiger partial charge in [-0.05, 0) is 36.4 Å². The van der Waals surface area contributed by atoms with Crippen LogP contribution in [0.15, 0.2) is 58.1 Å². The van der Waals surface area contributed by atoms with Crippen LogP contribution in [0.1, 0.15) is 15.9 Å². The van der Waals surface area contributed by atoms with Crippen LogP contribution in [0.5, 0.6) is 5.75 Å². The van der Waals surface area contributed by atoms with Crippen molar-refractivity contribution in [3.63, 3.8) is 0 Å². The zero-order valence-electron chi connectivity index (χ0n) is 17.1. The highest BCUT2D eigenvalue weighted by atomic mass is 19.4. The van der Waals surface area contributed by atoms with Crippen LogP contribution in [-0.4, -0.2) is 34.7 Å². The molecular weight excluding hydrogens is 464 g/mol. The van der Waals surface area contributed by atoms with Crippen molar-refractivity contribution in [1.82, 2.24) is 14.9 Å². The normalized spacial score (nSPS) is 17.1. The van der Waals surface area contributed by atoms with Crippen LogP contribution >= 0.6 is 0 Å². The molecule has 3 N–H and O–H groups in total. The van der Waals surface area contributed by atoms with Gasteiger partial charge in [-0.25, -0.2) is 13.8 Å². The van der Waals surface area contributed by atoms with Gasteiger partial charge in [-0.2, -0.15) is 13.2 Å². The van der Waals surface area contributed by atoms with E-state index in [4.69, 9.17) is 4.74 Å². The van der Waals surface area contributed by atoms with Crippen LogP contribution < -0.4 is 26.6 Å². The minimum absolute atomic E-state index is 0.0823. The smallest absolute Gasteiger partial charge is 0.425 e. The lowest BCUT2D eigenvalue weighted by molar-refractivity contribution is -0.196. The van der Waals surface area contributed by atoms with E-state index in [-0.39, 0.29) is 17.0 Å². The Morgan fingerprint density at radius 3 is 2.32 bits per heavy atom. The summed E-state index contributed by atoms with van der Waals surface area (Å²) in [5, 5.41) is 3.51. The molecule has 176 valence electrons. The van der Waals surface area contributed by atoms with E-state index in [1.807, 2.05) is 5.32 Å². The molecule has 13 heteroatoms. The van der Waals surface area contributed by atoms with Gasteiger partial charge in [-0.15, -0.1) is 0 Å². The number of para-hydroxylation sites is 1. The largest absolute Gasteiger partial charge is 0.496 e. The van der Waals surface area contributed by atoms with Crippen molar-refractivity contribution in [2.24, 2.45) is 0 Å². The van der Waals surface area contributed by atoms with Gasteiger partial charge in [0.05, 0.1) is 18.4 Å². The number of methoxy groups -OCH3 is 1. The van der Waals surface area contributed by atoms with E-state index in [2.05, 4.69) is 0 Å². The number of aromatic nitrogens is 2. The molecule has 2 heterocycles. The van der Waals surface area contributed by atoms with Crippen LogP contribution in [0.3, 0.4) is 0 Å². The second-order valence-corrected chi connectivity index (χ2v) is 7.15. The predicted octanol–water partition coefficient (Wildman–Crippen LogP) is 1.81. The van der Waals surface area contributed by atoms with Gasteiger partial charge in [-0.3, -0.25) is 19.4 Å². The molecule has 0 radical (unpaired) electrons. The fourth-order valence-corrected chi connectivity index (χ4v) is 3.68. The average Bonchev–Trinajstić information content (AvgIpc) is 3.08. The van der Waals surface area contributed by atoms with Crippen molar-refractivity contribution >= 4 is 17.6 Å². The number of halogens is 4. The first kappa shape index (κ1) is 22.8. The minimum atomic E-state index is -5.52. The number of carbonyl (C=O) groups excluding carboxylic acids is 2. The molecule has 2 amide bonds. The summed E-state index contributed by atoms with van der Waals surface area (Å²) in [7, 11) is 1.19. The molecule has 4 rings (SSSR count). The number of nitrogens with one attached hydrogen (secondary N) is 3. The zero-order chi connectivity index (χ0) is 24.8. The van der Waals surface area contributed by atoms with E-state index in [0.29, 0.717) is 4.57 Å². The van der Waals surface area contributed by atoms with E-state index in [1.54, 1.807) is 10.3 Å². The summed E-state index contributed by atoms with van der Waals surface area (Å²) in [6.45, 7) is 0. The number of carbonyl (C=O) groups is 2. The second-order valence-electron chi connectivity index (χ2n) is 7.15. The third kappa shape index (κ3) is 3.32. The Hall–Kier alpha value is -4.42. The highest BCUT2D eigenvalue weighted by Crippen LogP contribution is 2.45. The van der Waals surface area contributed by atoms with Crippen molar-refractivity contribution in [1.29, 1.82) is 0 Å². The number of ether oxygens (including phenoxy) is 1. The van der Waals surface area contributed by atoms with E-state index in [1.165, 1.54) is 25.3 Å². The van der Waals surface area contributed by atoms with Crippen molar-refractivity contribution in [2.45, 2.75) is 11.7 Å². The fourth-order valence-electron chi connectivity index (χ4n) is 3.68. The van der Waals surface area contributed by atoms with Gasteiger partial charge in [0.25, 0.3) is 22.9 Å². The molecule has 0 aliphatic carbocycles. The number of hydrogen-bond acceptors (Lipinski definition) is 5. The van der Waals surface area contributed by atoms with Gasteiger partial charge in [-0.1, -0.05) is 12.1 Å². The van der Waals surface area contributed by atoms with Crippen LogP contribution in [-0.2, 0) is 10.3 Å². The predicted molar refractivity (Wildman–Crippen MR) is 109 cm³/mol. The number of H-pyrrole nitrogens is 1. The molecule has 0 fully saturated rings. The number of fused-ring (bicyclic) bond motifs is 1. The van der Waals surface area contributed by atoms with Gasteiger partial charge < -0.3 is 15.4 Å². The molecule has 1 atom stereocenters. The number of benzene rings is 2. The summed E-state index contributed by atoms with van der Waals surface area (Å²) in [5.74, 6) is -4.78. The van der Waals surface area contributed by atoms with E-state index >= 15 is 0 Å². The van der Waals surface area contributed by atoms with Crippen molar-refractivity contribution in [2.75, 3.05) is 12.4 Å². The van der Waals surface area contributed by atoms with Gasteiger partial charge in [0.15, 0.2) is 0 Å². The van der Waals surface area contributed by atoms with Crippen LogP contribution in [0.2, 0.25) is 0 Å². The third-order valence-electron chi connectivity index (χ3n) is 5.22. The molecule has 0 bridgehead atoms. The quantitative estimate of drug-likeness (QED) is 0.494. The maximum atomic E-state index is 14.5. The SMILES string of the molecule is COc1ccccc1C(=O)N[C@@]1(C(F)(F)F)C(=O)Nc2c1c(=O)[nH]c(=O)n2-c1ccc(F)cc1. The van der Waals surface area contributed by atoms with Crippen molar-refractivity contribution in [3.8, 4) is 11.4 Å². The first-order valence-corrected chi connectivity index (χ1v) is 9.50.